The Bertz CT molecular complexity index is 724. The molecular formula is C15H10NNaO3. The van der Waals surface area contributed by atoms with Crippen molar-refractivity contribution in [2.45, 2.75) is 12.3 Å². The molecular weight excluding hydrogens is 265 g/mol. The maximum atomic E-state index is 11.7. The van der Waals surface area contributed by atoms with E-state index in [0.29, 0.717) is 17.7 Å². The van der Waals surface area contributed by atoms with Crippen LogP contribution < -0.4 is 34.7 Å². The normalized spacial score (nSPS) is 16.3. The molecule has 1 aliphatic carbocycles. The molecule has 0 bridgehead atoms. The van der Waals surface area contributed by atoms with Gasteiger partial charge in [-0.3, -0.25) is 4.79 Å². The summed E-state index contributed by atoms with van der Waals surface area (Å²) in [6, 6.07) is 9.38. The van der Waals surface area contributed by atoms with Crippen LogP contribution in [0, 0.1) is 0 Å². The van der Waals surface area contributed by atoms with Crippen LogP contribution in [-0.4, -0.2) is 16.7 Å². The number of Topliss-reactive ketones (excluding diaryl/α,β-unsaturated/α-hetero) is 1. The number of rotatable bonds is 2. The Morgan fingerprint density at radius 2 is 2.00 bits per heavy atom. The van der Waals surface area contributed by atoms with Gasteiger partial charge in [-0.1, -0.05) is 24.3 Å². The smallest absolute Gasteiger partial charge is 0.542 e. The first-order valence-electron chi connectivity index (χ1n) is 5.98. The zero-order valence-electron chi connectivity index (χ0n) is 11.0. The molecule has 1 heterocycles. The van der Waals surface area contributed by atoms with Crippen LogP contribution in [0.15, 0.2) is 36.4 Å². The molecule has 0 saturated heterocycles. The third-order valence-corrected chi connectivity index (χ3v) is 3.33. The zero-order valence-corrected chi connectivity index (χ0v) is 13.0. The standard InChI is InChI=1S/C15H11NO3.Na/c17-14(15(18)19)10-5-3-7-13-11(10)8-9-4-1-2-6-12(9)16-13;/h1-4,6-8,10H,5H2,(H,18,19);/q;+1/p-1. The van der Waals surface area contributed by atoms with Gasteiger partial charge in [0, 0.05) is 5.39 Å². The molecule has 1 unspecified atom stereocenters. The summed E-state index contributed by atoms with van der Waals surface area (Å²) in [6.07, 6.45) is 3.97. The molecule has 1 atom stereocenters. The molecule has 0 N–H and O–H groups in total. The summed E-state index contributed by atoms with van der Waals surface area (Å²) in [4.78, 5) is 26.9. The van der Waals surface area contributed by atoms with Gasteiger partial charge >= 0.3 is 29.6 Å². The fourth-order valence-corrected chi connectivity index (χ4v) is 2.39. The summed E-state index contributed by atoms with van der Waals surface area (Å²) in [5, 5.41) is 11.7. The van der Waals surface area contributed by atoms with Crippen molar-refractivity contribution in [2.24, 2.45) is 0 Å². The minimum Gasteiger partial charge on any atom is -0.542 e. The van der Waals surface area contributed by atoms with Crippen LogP contribution in [0.2, 0.25) is 0 Å². The van der Waals surface area contributed by atoms with Gasteiger partial charge in [-0.15, -0.1) is 0 Å². The van der Waals surface area contributed by atoms with Crippen LogP contribution in [0.5, 0.6) is 0 Å². The molecule has 0 fully saturated rings. The monoisotopic (exact) mass is 275 g/mol. The van der Waals surface area contributed by atoms with E-state index >= 15 is 0 Å². The number of aliphatic carboxylic acids is 1. The summed E-state index contributed by atoms with van der Waals surface area (Å²) >= 11 is 0. The molecule has 20 heavy (non-hydrogen) atoms. The second kappa shape index (κ2) is 5.87. The van der Waals surface area contributed by atoms with Crippen LogP contribution in [-0.2, 0) is 9.59 Å². The molecule has 0 amide bonds. The van der Waals surface area contributed by atoms with Crippen molar-refractivity contribution in [1.82, 2.24) is 4.98 Å². The maximum Gasteiger partial charge on any atom is 1.00 e. The minimum atomic E-state index is -1.64. The van der Waals surface area contributed by atoms with E-state index in [0.717, 1.165) is 10.9 Å². The molecule has 0 radical (unpaired) electrons. The number of carboxylic acids is 1. The van der Waals surface area contributed by atoms with Gasteiger partial charge in [0.15, 0.2) is 5.78 Å². The van der Waals surface area contributed by atoms with E-state index in [9.17, 15) is 14.7 Å². The van der Waals surface area contributed by atoms with Crippen LogP contribution in [0.3, 0.4) is 0 Å². The van der Waals surface area contributed by atoms with Crippen molar-refractivity contribution < 1.29 is 44.3 Å². The zero-order chi connectivity index (χ0) is 13.4. The van der Waals surface area contributed by atoms with Gasteiger partial charge in [-0.25, -0.2) is 4.98 Å². The number of hydrogen-bond acceptors (Lipinski definition) is 4. The van der Waals surface area contributed by atoms with Crippen molar-refractivity contribution in [3.8, 4) is 0 Å². The molecule has 1 aliphatic rings. The number of pyridine rings is 1. The Morgan fingerprint density at radius 3 is 2.75 bits per heavy atom. The summed E-state index contributed by atoms with van der Waals surface area (Å²) in [7, 11) is 0. The van der Waals surface area contributed by atoms with E-state index < -0.39 is 17.7 Å². The van der Waals surface area contributed by atoms with Crippen LogP contribution in [0.25, 0.3) is 17.0 Å². The number of allylic oxidation sites excluding steroid dienone is 1. The fraction of sp³-hybridized carbons (Fsp3) is 0.133. The second-order valence-corrected chi connectivity index (χ2v) is 4.50. The molecule has 0 saturated carbocycles. The first-order chi connectivity index (χ1) is 9.16. The average Bonchev–Trinajstić information content (AvgIpc) is 2.43. The van der Waals surface area contributed by atoms with Crippen molar-refractivity contribution in [3.05, 3.63) is 47.7 Å². The minimum absolute atomic E-state index is 0. The van der Waals surface area contributed by atoms with Crippen molar-refractivity contribution in [3.63, 3.8) is 0 Å². The number of hydrogen-bond donors (Lipinski definition) is 0. The molecule has 0 aliphatic heterocycles. The van der Waals surface area contributed by atoms with Crippen LogP contribution in [0.1, 0.15) is 23.6 Å². The molecule has 1 aromatic carbocycles. The largest absolute Gasteiger partial charge is 1.00 e. The number of benzene rings is 1. The third kappa shape index (κ3) is 2.54. The Balaban J connectivity index is 0.00000147. The molecule has 4 nitrogen and oxygen atoms in total. The van der Waals surface area contributed by atoms with Gasteiger partial charge in [-0.05, 0) is 30.2 Å². The number of carbonyl (C=O) groups excluding carboxylic acids is 2. The van der Waals surface area contributed by atoms with Gasteiger partial charge in [-0.2, -0.15) is 0 Å². The summed E-state index contributed by atoms with van der Waals surface area (Å²) in [5.74, 6) is -3.22. The number of carbonyl (C=O) groups is 2. The number of aromatic nitrogens is 1. The van der Waals surface area contributed by atoms with Crippen LogP contribution in [0.4, 0.5) is 0 Å². The van der Waals surface area contributed by atoms with E-state index in [1.54, 1.807) is 6.08 Å². The number of ketones is 1. The number of para-hydroxylation sites is 1. The molecule has 3 rings (SSSR count). The Labute approximate surface area is 137 Å². The van der Waals surface area contributed by atoms with E-state index in [-0.39, 0.29) is 29.6 Å². The van der Waals surface area contributed by atoms with Gasteiger partial charge in [0.05, 0.1) is 17.1 Å². The molecule has 2 aromatic rings. The third-order valence-electron chi connectivity index (χ3n) is 3.33. The summed E-state index contributed by atoms with van der Waals surface area (Å²) < 4.78 is 0. The van der Waals surface area contributed by atoms with Crippen molar-refractivity contribution >= 4 is 28.7 Å². The molecule has 94 valence electrons. The summed E-state index contributed by atoms with van der Waals surface area (Å²) in [5.41, 5.74) is 2.15. The predicted octanol–water partition coefficient (Wildman–Crippen LogP) is -1.94. The maximum absolute atomic E-state index is 11.7. The Hall–Kier alpha value is -1.49. The van der Waals surface area contributed by atoms with Gasteiger partial charge < -0.3 is 9.90 Å². The molecule has 0 spiro atoms. The first-order valence-corrected chi connectivity index (χ1v) is 5.98. The quantitative estimate of drug-likeness (QED) is 0.472. The van der Waals surface area contributed by atoms with Gasteiger partial charge in [0.2, 0.25) is 0 Å². The first kappa shape index (κ1) is 14.9. The predicted molar refractivity (Wildman–Crippen MR) is 68.1 cm³/mol. The molecule has 1 aromatic heterocycles. The SMILES string of the molecule is O=C([O-])C(=O)C1CC=Cc2nc3ccccc3cc21.[Na+]. The number of fused-ring (bicyclic) bond motifs is 2. The van der Waals surface area contributed by atoms with Crippen molar-refractivity contribution in [2.75, 3.05) is 0 Å². The molecule has 5 heteroatoms. The van der Waals surface area contributed by atoms with Crippen molar-refractivity contribution in [1.29, 1.82) is 0 Å². The van der Waals surface area contributed by atoms with Crippen LogP contribution >= 0.6 is 0 Å². The van der Waals surface area contributed by atoms with E-state index in [4.69, 9.17) is 0 Å². The Kier molecular flexibility index (Phi) is 4.38. The fourth-order valence-electron chi connectivity index (χ4n) is 2.39. The van der Waals surface area contributed by atoms with Gasteiger partial charge in [0.25, 0.3) is 0 Å². The Morgan fingerprint density at radius 1 is 1.25 bits per heavy atom. The summed E-state index contributed by atoms with van der Waals surface area (Å²) in [6.45, 7) is 0. The van der Waals surface area contributed by atoms with E-state index in [2.05, 4.69) is 4.98 Å². The van der Waals surface area contributed by atoms with Gasteiger partial charge in [0.1, 0.15) is 5.97 Å². The number of nitrogens with zero attached hydrogens (tertiary/aromatic N) is 1. The average molecular weight is 275 g/mol. The topological polar surface area (TPSA) is 70.1 Å². The second-order valence-electron chi connectivity index (χ2n) is 4.50. The van der Waals surface area contributed by atoms with E-state index in [1.807, 2.05) is 36.4 Å². The number of carboxylic acid groups (broad SMARTS) is 1. The van der Waals surface area contributed by atoms with E-state index in [1.165, 1.54) is 0 Å².